The van der Waals surface area contributed by atoms with Crippen molar-refractivity contribution in [2.24, 2.45) is 7.05 Å². The van der Waals surface area contributed by atoms with Gasteiger partial charge in [0.25, 0.3) is 0 Å². The molecule has 0 unspecified atom stereocenters. The molecule has 2 aromatic rings. The molecule has 1 aromatic heterocycles. The van der Waals surface area contributed by atoms with E-state index in [1.54, 1.807) is 7.11 Å². The minimum Gasteiger partial charge on any atom is -0.497 e. The molecule has 0 bridgehead atoms. The first kappa shape index (κ1) is 17.3. The van der Waals surface area contributed by atoms with Crippen LogP contribution in [0.4, 0.5) is 4.79 Å². The van der Waals surface area contributed by atoms with Gasteiger partial charge in [0, 0.05) is 24.8 Å². The third kappa shape index (κ3) is 3.48. The summed E-state index contributed by atoms with van der Waals surface area (Å²) in [6.07, 6.45) is 3.81. The fourth-order valence-corrected chi connectivity index (χ4v) is 3.49. The number of hydrogen-bond acceptors (Lipinski definition) is 3. The van der Waals surface area contributed by atoms with Crippen LogP contribution in [0.5, 0.6) is 5.75 Å². The maximum Gasteiger partial charge on any atom is 0.318 e. The Balaban J connectivity index is 1.73. The summed E-state index contributed by atoms with van der Waals surface area (Å²) >= 11 is 0. The van der Waals surface area contributed by atoms with Gasteiger partial charge in [0.1, 0.15) is 5.75 Å². The van der Waals surface area contributed by atoms with Crippen LogP contribution in [0, 0.1) is 6.92 Å². The number of urea groups is 1. The molecule has 1 saturated heterocycles. The van der Waals surface area contributed by atoms with E-state index >= 15 is 0 Å². The van der Waals surface area contributed by atoms with Crippen LogP contribution in [-0.4, -0.2) is 34.4 Å². The maximum atomic E-state index is 12.8. The lowest BCUT2D eigenvalue weighted by molar-refractivity contribution is 0.189. The second kappa shape index (κ2) is 7.17. The van der Waals surface area contributed by atoms with Gasteiger partial charge in [0.2, 0.25) is 0 Å². The SMILES string of the molecule is COc1cccc([C@@H]2CCCN2C(=O)N[C@H](C)c2cnn(C)c2C)c1. The largest absolute Gasteiger partial charge is 0.497 e. The van der Waals surface area contributed by atoms with Crippen LogP contribution in [0.1, 0.15) is 48.7 Å². The summed E-state index contributed by atoms with van der Waals surface area (Å²) in [5, 5.41) is 7.38. The average molecular weight is 342 g/mol. The molecule has 1 aromatic carbocycles. The highest BCUT2D eigenvalue weighted by atomic mass is 16.5. The zero-order valence-corrected chi connectivity index (χ0v) is 15.3. The van der Waals surface area contributed by atoms with Gasteiger partial charge >= 0.3 is 6.03 Å². The lowest BCUT2D eigenvalue weighted by Crippen LogP contribution is -2.40. The van der Waals surface area contributed by atoms with Gasteiger partial charge < -0.3 is 15.0 Å². The Kier molecular flexibility index (Phi) is 4.97. The lowest BCUT2D eigenvalue weighted by Gasteiger charge is -2.27. The standard InChI is InChI=1S/C19H26N4O2/c1-13(17-12-20-22(3)14(17)2)21-19(24)23-10-6-9-18(23)15-7-5-8-16(11-15)25-4/h5,7-8,11-13,18H,6,9-10H2,1-4H3,(H,21,24)/t13-,18+/m1/s1. The van der Waals surface area contributed by atoms with E-state index in [1.165, 1.54) is 0 Å². The molecule has 0 radical (unpaired) electrons. The topological polar surface area (TPSA) is 59.4 Å². The summed E-state index contributed by atoms with van der Waals surface area (Å²) in [4.78, 5) is 14.8. The Morgan fingerprint density at radius 2 is 2.24 bits per heavy atom. The molecule has 1 fully saturated rings. The van der Waals surface area contributed by atoms with Gasteiger partial charge in [0.05, 0.1) is 25.4 Å². The Morgan fingerprint density at radius 1 is 1.44 bits per heavy atom. The molecule has 1 aliphatic rings. The fraction of sp³-hybridized carbons (Fsp3) is 0.474. The summed E-state index contributed by atoms with van der Waals surface area (Å²) in [6, 6.07) is 7.98. The minimum absolute atomic E-state index is 0.0268. The molecule has 0 spiro atoms. The second-order valence-electron chi connectivity index (χ2n) is 6.61. The Bertz CT molecular complexity index is 756. The van der Waals surface area contributed by atoms with E-state index in [-0.39, 0.29) is 18.1 Å². The number of aryl methyl sites for hydroxylation is 1. The molecule has 3 rings (SSSR count). The molecule has 6 nitrogen and oxygen atoms in total. The van der Waals surface area contributed by atoms with Gasteiger partial charge in [0.15, 0.2) is 0 Å². The van der Waals surface area contributed by atoms with Crippen molar-refractivity contribution >= 4 is 6.03 Å². The molecule has 2 amide bonds. The third-order valence-corrected chi connectivity index (χ3v) is 5.07. The number of nitrogens with zero attached hydrogens (tertiary/aromatic N) is 3. The number of hydrogen-bond donors (Lipinski definition) is 1. The van der Waals surface area contributed by atoms with E-state index < -0.39 is 0 Å². The quantitative estimate of drug-likeness (QED) is 0.927. The van der Waals surface area contributed by atoms with Crippen molar-refractivity contribution in [3.8, 4) is 5.75 Å². The van der Waals surface area contributed by atoms with Gasteiger partial charge in [-0.1, -0.05) is 12.1 Å². The summed E-state index contributed by atoms with van der Waals surface area (Å²) in [5.41, 5.74) is 3.24. The van der Waals surface area contributed by atoms with Crippen LogP contribution < -0.4 is 10.1 Å². The van der Waals surface area contributed by atoms with Gasteiger partial charge in [-0.05, 0) is 44.4 Å². The summed E-state index contributed by atoms with van der Waals surface area (Å²) < 4.78 is 7.15. The highest BCUT2D eigenvalue weighted by Gasteiger charge is 2.31. The molecule has 0 saturated carbocycles. The summed E-state index contributed by atoms with van der Waals surface area (Å²) in [6.45, 7) is 4.78. The molecular formula is C19H26N4O2. The molecule has 6 heteroatoms. The second-order valence-corrected chi connectivity index (χ2v) is 6.61. The maximum absolute atomic E-state index is 12.8. The summed E-state index contributed by atoms with van der Waals surface area (Å²) in [7, 11) is 3.57. The van der Waals surface area contributed by atoms with Gasteiger partial charge in [-0.2, -0.15) is 5.10 Å². The van der Waals surface area contributed by atoms with Crippen LogP contribution >= 0.6 is 0 Å². The summed E-state index contributed by atoms with van der Waals surface area (Å²) in [5.74, 6) is 0.823. The Labute approximate surface area is 148 Å². The number of amides is 2. The molecule has 2 atom stereocenters. The molecule has 1 aliphatic heterocycles. The third-order valence-electron chi connectivity index (χ3n) is 5.07. The average Bonchev–Trinajstić information content (AvgIpc) is 3.23. The van der Waals surface area contributed by atoms with E-state index in [1.807, 2.05) is 54.9 Å². The molecule has 0 aliphatic carbocycles. The predicted molar refractivity (Wildman–Crippen MR) is 96.6 cm³/mol. The van der Waals surface area contributed by atoms with Gasteiger partial charge in [-0.25, -0.2) is 4.79 Å². The highest BCUT2D eigenvalue weighted by molar-refractivity contribution is 5.75. The van der Waals surface area contributed by atoms with Crippen molar-refractivity contribution < 1.29 is 9.53 Å². The van der Waals surface area contributed by atoms with Crippen LogP contribution in [0.25, 0.3) is 0 Å². The number of ether oxygens (including phenoxy) is 1. The molecule has 134 valence electrons. The van der Waals surface area contributed by atoms with Crippen LogP contribution in [0.2, 0.25) is 0 Å². The lowest BCUT2D eigenvalue weighted by atomic mass is 10.0. The number of aromatic nitrogens is 2. The van der Waals surface area contributed by atoms with E-state index in [2.05, 4.69) is 16.5 Å². The van der Waals surface area contributed by atoms with Crippen LogP contribution in [0.3, 0.4) is 0 Å². The first-order valence-corrected chi connectivity index (χ1v) is 8.71. The normalized spacial score (nSPS) is 18.2. The zero-order chi connectivity index (χ0) is 18.0. The molecular weight excluding hydrogens is 316 g/mol. The molecule has 1 N–H and O–H groups in total. The number of rotatable bonds is 4. The van der Waals surface area contributed by atoms with E-state index in [0.717, 1.165) is 42.0 Å². The van der Waals surface area contributed by atoms with Gasteiger partial charge in [-0.3, -0.25) is 4.68 Å². The molecule has 2 heterocycles. The van der Waals surface area contributed by atoms with Crippen molar-refractivity contribution in [3.05, 3.63) is 47.3 Å². The monoisotopic (exact) mass is 342 g/mol. The number of nitrogens with one attached hydrogen (secondary N) is 1. The number of carbonyl (C=O) groups is 1. The predicted octanol–water partition coefficient (Wildman–Crippen LogP) is 3.34. The van der Waals surface area contributed by atoms with Crippen molar-refractivity contribution in [3.63, 3.8) is 0 Å². The first-order chi connectivity index (χ1) is 12.0. The fourth-order valence-electron chi connectivity index (χ4n) is 3.49. The van der Waals surface area contributed by atoms with E-state index in [4.69, 9.17) is 4.74 Å². The minimum atomic E-state index is -0.0761. The Hall–Kier alpha value is -2.50. The number of benzene rings is 1. The number of methoxy groups -OCH3 is 1. The highest BCUT2D eigenvalue weighted by Crippen LogP contribution is 2.33. The van der Waals surface area contributed by atoms with Crippen molar-refractivity contribution in [1.29, 1.82) is 0 Å². The van der Waals surface area contributed by atoms with Crippen molar-refractivity contribution in [2.75, 3.05) is 13.7 Å². The van der Waals surface area contributed by atoms with Crippen LogP contribution in [-0.2, 0) is 7.05 Å². The number of carbonyl (C=O) groups excluding carboxylic acids is 1. The zero-order valence-electron chi connectivity index (χ0n) is 15.3. The van der Waals surface area contributed by atoms with Gasteiger partial charge in [-0.15, -0.1) is 0 Å². The van der Waals surface area contributed by atoms with Crippen LogP contribution in [0.15, 0.2) is 30.5 Å². The van der Waals surface area contributed by atoms with Crippen molar-refractivity contribution in [2.45, 2.75) is 38.8 Å². The molecule has 25 heavy (non-hydrogen) atoms. The smallest absolute Gasteiger partial charge is 0.318 e. The first-order valence-electron chi connectivity index (χ1n) is 8.71. The van der Waals surface area contributed by atoms with E-state index in [9.17, 15) is 4.79 Å². The Morgan fingerprint density at radius 3 is 2.92 bits per heavy atom. The van der Waals surface area contributed by atoms with E-state index in [0.29, 0.717) is 0 Å². The van der Waals surface area contributed by atoms with Crippen molar-refractivity contribution in [1.82, 2.24) is 20.0 Å². The number of likely N-dealkylation sites (tertiary alicyclic amines) is 1.